The number of amides is 1. The molecule has 138 valence electrons. The lowest BCUT2D eigenvalue weighted by Gasteiger charge is -2.34. The maximum absolute atomic E-state index is 11.3. The van der Waals surface area contributed by atoms with Crippen LogP contribution in [0.5, 0.6) is 5.75 Å². The summed E-state index contributed by atoms with van der Waals surface area (Å²) >= 11 is 0. The topological polar surface area (TPSA) is 69.2 Å². The zero-order valence-corrected chi connectivity index (χ0v) is 15.2. The molecule has 1 aromatic rings. The van der Waals surface area contributed by atoms with Gasteiger partial charge in [0, 0.05) is 53.2 Å². The van der Waals surface area contributed by atoms with Crippen LogP contribution in [-0.2, 0) is 4.79 Å². The maximum Gasteiger partial charge on any atom is 0.219 e. The van der Waals surface area contributed by atoms with E-state index in [1.165, 1.54) is 0 Å². The van der Waals surface area contributed by atoms with Crippen molar-refractivity contribution in [1.82, 2.24) is 20.4 Å². The zero-order chi connectivity index (χ0) is 17.9. The SMILES string of the molecule is CN=C(NCCOc1ccccc1)NCCN1CCN(C(C)=O)CC1. The lowest BCUT2D eigenvalue weighted by molar-refractivity contribution is -0.130. The number of hydrogen-bond donors (Lipinski definition) is 2. The quantitative estimate of drug-likeness (QED) is 0.424. The third-order valence-corrected chi connectivity index (χ3v) is 4.17. The fraction of sp³-hybridized carbons (Fsp3) is 0.556. The second-order valence-electron chi connectivity index (χ2n) is 5.93. The Morgan fingerprint density at radius 3 is 2.44 bits per heavy atom. The Morgan fingerprint density at radius 1 is 1.12 bits per heavy atom. The van der Waals surface area contributed by atoms with Gasteiger partial charge in [-0.15, -0.1) is 0 Å². The summed E-state index contributed by atoms with van der Waals surface area (Å²) in [5.41, 5.74) is 0. The Balaban J connectivity index is 1.55. The van der Waals surface area contributed by atoms with Gasteiger partial charge in [-0.1, -0.05) is 18.2 Å². The first-order valence-corrected chi connectivity index (χ1v) is 8.79. The van der Waals surface area contributed by atoms with E-state index in [1.807, 2.05) is 35.2 Å². The molecule has 1 aliphatic heterocycles. The van der Waals surface area contributed by atoms with Crippen LogP contribution >= 0.6 is 0 Å². The Hall–Kier alpha value is -2.28. The second kappa shape index (κ2) is 10.6. The third-order valence-electron chi connectivity index (χ3n) is 4.17. The molecule has 1 aliphatic rings. The minimum absolute atomic E-state index is 0.167. The summed E-state index contributed by atoms with van der Waals surface area (Å²) in [7, 11) is 1.76. The molecule has 1 fully saturated rings. The molecule has 0 saturated carbocycles. The van der Waals surface area contributed by atoms with Crippen molar-refractivity contribution in [1.29, 1.82) is 0 Å². The van der Waals surface area contributed by atoms with Gasteiger partial charge in [-0.25, -0.2) is 0 Å². The minimum Gasteiger partial charge on any atom is -0.492 e. The molecular weight excluding hydrogens is 318 g/mol. The molecule has 2 rings (SSSR count). The monoisotopic (exact) mass is 347 g/mol. The lowest BCUT2D eigenvalue weighted by Crippen LogP contribution is -2.50. The van der Waals surface area contributed by atoms with Gasteiger partial charge in [0.15, 0.2) is 5.96 Å². The van der Waals surface area contributed by atoms with Crippen LogP contribution in [0, 0.1) is 0 Å². The van der Waals surface area contributed by atoms with E-state index in [0.29, 0.717) is 13.2 Å². The standard InChI is InChI=1S/C18H29N5O2/c1-16(24)23-13-11-22(12-14-23)10-8-20-18(19-2)21-9-15-25-17-6-4-3-5-7-17/h3-7H,8-15H2,1-2H3,(H2,19,20,21). The number of rotatable bonds is 7. The number of guanidine groups is 1. The summed E-state index contributed by atoms with van der Waals surface area (Å²) in [6.45, 7) is 8.15. The van der Waals surface area contributed by atoms with E-state index in [1.54, 1.807) is 14.0 Å². The van der Waals surface area contributed by atoms with Crippen molar-refractivity contribution in [3.8, 4) is 5.75 Å². The van der Waals surface area contributed by atoms with E-state index >= 15 is 0 Å². The molecule has 1 heterocycles. The molecule has 2 N–H and O–H groups in total. The van der Waals surface area contributed by atoms with Gasteiger partial charge in [-0.3, -0.25) is 14.7 Å². The van der Waals surface area contributed by atoms with Crippen molar-refractivity contribution >= 4 is 11.9 Å². The highest BCUT2D eigenvalue weighted by atomic mass is 16.5. The van der Waals surface area contributed by atoms with Gasteiger partial charge < -0.3 is 20.3 Å². The number of carbonyl (C=O) groups excluding carboxylic acids is 1. The number of carbonyl (C=O) groups is 1. The van der Waals surface area contributed by atoms with Crippen molar-refractivity contribution in [2.45, 2.75) is 6.92 Å². The fourth-order valence-corrected chi connectivity index (χ4v) is 2.69. The third kappa shape index (κ3) is 7.01. The maximum atomic E-state index is 11.3. The van der Waals surface area contributed by atoms with Crippen LogP contribution < -0.4 is 15.4 Å². The highest BCUT2D eigenvalue weighted by molar-refractivity contribution is 5.79. The molecule has 0 radical (unpaired) electrons. The number of para-hydroxylation sites is 1. The van der Waals surface area contributed by atoms with E-state index in [4.69, 9.17) is 4.74 Å². The summed E-state index contributed by atoms with van der Waals surface area (Å²) in [4.78, 5) is 19.8. The Bertz CT molecular complexity index is 542. The number of ether oxygens (including phenoxy) is 1. The molecule has 1 amide bonds. The first kappa shape index (κ1) is 19.1. The van der Waals surface area contributed by atoms with Crippen molar-refractivity contribution in [2.75, 3.05) is 59.5 Å². The summed E-state index contributed by atoms with van der Waals surface area (Å²) in [6.07, 6.45) is 0. The number of nitrogens with one attached hydrogen (secondary N) is 2. The zero-order valence-electron chi connectivity index (χ0n) is 15.2. The van der Waals surface area contributed by atoms with E-state index in [9.17, 15) is 4.79 Å². The van der Waals surface area contributed by atoms with Gasteiger partial charge in [0.2, 0.25) is 5.91 Å². The number of piperazine rings is 1. The molecule has 0 atom stereocenters. The molecule has 0 aliphatic carbocycles. The van der Waals surface area contributed by atoms with Crippen molar-refractivity contribution in [3.05, 3.63) is 30.3 Å². The molecule has 25 heavy (non-hydrogen) atoms. The van der Waals surface area contributed by atoms with Crippen molar-refractivity contribution in [3.63, 3.8) is 0 Å². The van der Waals surface area contributed by atoms with Crippen LogP contribution in [0.25, 0.3) is 0 Å². The molecule has 0 aromatic heterocycles. The summed E-state index contributed by atoms with van der Waals surface area (Å²) in [5.74, 6) is 1.82. The summed E-state index contributed by atoms with van der Waals surface area (Å²) in [6, 6.07) is 9.77. The largest absolute Gasteiger partial charge is 0.492 e. The second-order valence-corrected chi connectivity index (χ2v) is 5.93. The van der Waals surface area contributed by atoms with E-state index in [0.717, 1.165) is 51.0 Å². The smallest absolute Gasteiger partial charge is 0.219 e. The van der Waals surface area contributed by atoms with Gasteiger partial charge in [0.1, 0.15) is 12.4 Å². The number of nitrogens with zero attached hydrogens (tertiary/aromatic N) is 3. The lowest BCUT2D eigenvalue weighted by atomic mass is 10.3. The van der Waals surface area contributed by atoms with Crippen LogP contribution in [0.4, 0.5) is 0 Å². The van der Waals surface area contributed by atoms with Gasteiger partial charge in [0.25, 0.3) is 0 Å². The summed E-state index contributed by atoms with van der Waals surface area (Å²) < 4.78 is 5.64. The molecule has 0 spiro atoms. The van der Waals surface area contributed by atoms with Gasteiger partial charge in [-0.05, 0) is 12.1 Å². The first-order chi connectivity index (χ1) is 12.2. The Morgan fingerprint density at radius 2 is 1.80 bits per heavy atom. The average molecular weight is 347 g/mol. The van der Waals surface area contributed by atoms with E-state index < -0.39 is 0 Å². The minimum atomic E-state index is 0.167. The van der Waals surface area contributed by atoms with E-state index in [-0.39, 0.29) is 5.91 Å². The van der Waals surface area contributed by atoms with Crippen LogP contribution in [0.3, 0.4) is 0 Å². The Labute approximate surface area is 150 Å². The van der Waals surface area contributed by atoms with Crippen LogP contribution in [0.1, 0.15) is 6.92 Å². The summed E-state index contributed by atoms with van der Waals surface area (Å²) in [5, 5.41) is 6.55. The fourth-order valence-electron chi connectivity index (χ4n) is 2.69. The number of aliphatic imine (C=N–C) groups is 1. The van der Waals surface area contributed by atoms with Gasteiger partial charge >= 0.3 is 0 Å². The van der Waals surface area contributed by atoms with Crippen LogP contribution in [-0.4, -0.2) is 81.1 Å². The molecule has 7 heteroatoms. The normalized spacial score (nSPS) is 15.8. The molecular formula is C18H29N5O2. The highest BCUT2D eigenvalue weighted by Gasteiger charge is 2.17. The molecule has 1 aromatic carbocycles. The predicted octanol–water partition coefficient (Wildman–Crippen LogP) is 0.395. The number of hydrogen-bond acceptors (Lipinski definition) is 4. The molecule has 7 nitrogen and oxygen atoms in total. The van der Waals surface area contributed by atoms with Gasteiger partial charge in [-0.2, -0.15) is 0 Å². The van der Waals surface area contributed by atoms with Crippen LogP contribution in [0.15, 0.2) is 35.3 Å². The van der Waals surface area contributed by atoms with Gasteiger partial charge in [0.05, 0.1) is 6.54 Å². The number of benzene rings is 1. The highest BCUT2D eigenvalue weighted by Crippen LogP contribution is 2.07. The van der Waals surface area contributed by atoms with E-state index in [2.05, 4.69) is 20.5 Å². The molecule has 0 bridgehead atoms. The first-order valence-electron chi connectivity index (χ1n) is 8.79. The van der Waals surface area contributed by atoms with Crippen molar-refractivity contribution in [2.24, 2.45) is 4.99 Å². The van der Waals surface area contributed by atoms with Crippen molar-refractivity contribution < 1.29 is 9.53 Å². The Kier molecular flexibility index (Phi) is 8.04. The average Bonchev–Trinajstić information content (AvgIpc) is 2.65. The molecule has 1 saturated heterocycles. The predicted molar refractivity (Wildman–Crippen MR) is 100.0 cm³/mol. The van der Waals surface area contributed by atoms with Crippen LogP contribution in [0.2, 0.25) is 0 Å². The molecule has 0 unspecified atom stereocenters.